The molecule has 5 rings (SSSR count). The topological polar surface area (TPSA) is 38.1 Å². The fraction of sp³-hybridized carbons (Fsp3) is 0.120. The van der Waals surface area contributed by atoms with Crippen LogP contribution in [0.5, 0.6) is 0 Å². The first-order valence-electron chi connectivity index (χ1n) is 9.88. The molecule has 30 heavy (non-hydrogen) atoms. The minimum atomic E-state index is -0.0787. The molecule has 0 unspecified atom stereocenters. The largest absolute Gasteiger partial charge is 0.332 e. The molecule has 0 bridgehead atoms. The van der Waals surface area contributed by atoms with Crippen LogP contribution >= 0.6 is 15.9 Å². The van der Waals surface area contributed by atoms with Crippen molar-refractivity contribution < 1.29 is 4.79 Å². The number of imidazole rings is 1. The lowest BCUT2D eigenvalue weighted by atomic mass is 10.1. The van der Waals surface area contributed by atoms with E-state index in [1.54, 1.807) is 0 Å². The fourth-order valence-electron chi connectivity index (χ4n) is 4.13. The lowest BCUT2D eigenvalue weighted by Gasteiger charge is -2.25. The number of carbonyl (C=O) groups is 1. The molecule has 0 aliphatic carbocycles. The summed E-state index contributed by atoms with van der Waals surface area (Å²) in [7, 11) is 0. The van der Waals surface area contributed by atoms with Crippen molar-refractivity contribution in [1.82, 2.24) is 14.5 Å². The summed E-state index contributed by atoms with van der Waals surface area (Å²) in [6.45, 7) is 5.19. The van der Waals surface area contributed by atoms with Gasteiger partial charge in [0.2, 0.25) is 0 Å². The molecule has 1 aromatic heterocycles. The molecule has 0 N–H and O–H groups in total. The van der Waals surface area contributed by atoms with E-state index >= 15 is 0 Å². The molecule has 4 nitrogen and oxygen atoms in total. The quantitative estimate of drug-likeness (QED) is 0.360. The molecule has 148 valence electrons. The molecule has 1 aliphatic heterocycles. The second-order valence-corrected chi connectivity index (χ2v) is 8.38. The van der Waals surface area contributed by atoms with Crippen LogP contribution in [0.1, 0.15) is 22.0 Å². The highest BCUT2D eigenvalue weighted by atomic mass is 79.9. The first-order valence-corrected chi connectivity index (χ1v) is 10.7. The summed E-state index contributed by atoms with van der Waals surface area (Å²) in [5, 5.41) is 0. The molecule has 0 saturated heterocycles. The molecule has 0 spiro atoms. The van der Waals surface area contributed by atoms with E-state index in [-0.39, 0.29) is 11.9 Å². The zero-order valence-corrected chi connectivity index (χ0v) is 17.9. The summed E-state index contributed by atoms with van der Waals surface area (Å²) in [6, 6.07) is 23.9. The molecule has 4 aromatic rings. The molecule has 3 aromatic carbocycles. The van der Waals surface area contributed by atoms with Crippen LogP contribution in [-0.2, 0) is 6.54 Å². The summed E-state index contributed by atoms with van der Waals surface area (Å²) >= 11 is 3.50. The van der Waals surface area contributed by atoms with Crippen LogP contribution in [0.2, 0.25) is 0 Å². The summed E-state index contributed by atoms with van der Waals surface area (Å²) in [4.78, 5) is 20.3. The van der Waals surface area contributed by atoms with Gasteiger partial charge < -0.3 is 9.47 Å². The monoisotopic (exact) mass is 457 g/mol. The van der Waals surface area contributed by atoms with Gasteiger partial charge >= 0.3 is 0 Å². The average Bonchev–Trinajstić information content (AvgIpc) is 3.11. The first kappa shape index (κ1) is 18.8. The normalized spacial score (nSPS) is 16.0. The van der Waals surface area contributed by atoms with Gasteiger partial charge in [0.25, 0.3) is 5.91 Å². The van der Waals surface area contributed by atoms with Gasteiger partial charge in [0.05, 0.1) is 22.6 Å². The molecule has 1 aliphatic rings. The van der Waals surface area contributed by atoms with Crippen LogP contribution in [0.25, 0.3) is 22.4 Å². The Morgan fingerprint density at radius 3 is 2.53 bits per heavy atom. The SMILES string of the molecule is C=C[C@H]1CN(Cc2ccccc2)C(=O)c2cccc3nc(-c4ccc(Br)cc4)n1c23. The molecular formula is C25H20BrN3O. The van der Waals surface area contributed by atoms with Gasteiger partial charge in [-0.3, -0.25) is 4.79 Å². The minimum absolute atomic E-state index is 0.0253. The van der Waals surface area contributed by atoms with Crippen LogP contribution in [0.3, 0.4) is 0 Å². The van der Waals surface area contributed by atoms with Gasteiger partial charge in [-0.05, 0) is 29.8 Å². The molecule has 1 atom stereocenters. The number of carbonyl (C=O) groups excluding carboxylic acids is 1. The molecular weight excluding hydrogens is 438 g/mol. The average molecular weight is 458 g/mol. The number of rotatable bonds is 4. The molecule has 5 heteroatoms. The summed E-state index contributed by atoms with van der Waals surface area (Å²) < 4.78 is 3.19. The van der Waals surface area contributed by atoms with Crippen molar-refractivity contribution in [2.24, 2.45) is 0 Å². The van der Waals surface area contributed by atoms with Gasteiger partial charge in [-0.1, -0.05) is 70.5 Å². The van der Waals surface area contributed by atoms with Crippen LogP contribution in [0.4, 0.5) is 0 Å². The maximum atomic E-state index is 13.5. The number of aromatic nitrogens is 2. The maximum Gasteiger partial charge on any atom is 0.256 e. The Labute approximate surface area is 183 Å². The summed E-state index contributed by atoms with van der Waals surface area (Å²) in [5.74, 6) is 0.876. The summed E-state index contributed by atoms with van der Waals surface area (Å²) in [5.41, 5.74) is 4.51. The fourth-order valence-corrected chi connectivity index (χ4v) is 4.39. The van der Waals surface area contributed by atoms with E-state index in [0.29, 0.717) is 18.7 Å². The summed E-state index contributed by atoms with van der Waals surface area (Å²) in [6.07, 6.45) is 1.91. The van der Waals surface area contributed by atoms with Crippen LogP contribution in [-0.4, -0.2) is 26.9 Å². The predicted octanol–water partition coefficient (Wildman–Crippen LogP) is 5.85. The number of halogens is 1. The Morgan fingerprint density at radius 1 is 1.03 bits per heavy atom. The van der Waals surface area contributed by atoms with Gasteiger partial charge in [0.15, 0.2) is 0 Å². The van der Waals surface area contributed by atoms with Gasteiger partial charge in [-0.25, -0.2) is 4.98 Å². The lowest BCUT2D eigenvalue weighted by Crippen LogP contribution is -2.33. The van der Waals surface area contributed by atoms with E-state index in [1.807, 2.05) is 71.6 Å². The molecule has 0 saturated carbocycles. The Balaban J connectivity index is 1.68. The molecule has 0 radical (unpaired) electrons. The second-order valence-electron chi connectivity index (χ2n) is 7.46. The van der Waals surface area contributed by atoms with Crippen molar-refractivity contribution in [2.45, 2.75) is 12.6 Å². The van der Waals surface area contributed by atoms with Crippen molar-refractivity contribution in [1.29, 1.82) is 0 Å². The first-order chi connectivity index (χ1) is 14.7. The van der Waals surface area contributed by atoms with Crippen LogP contribution in [0, 0.1) is 0 Å². The van der Waals surface area contributed by atoms with Crippen molar-refractivity contribution >= 4 is 32.9 Å². The predicted molar refractivity (Wildman–Crippen MR) is 123 cm³/mol. The number of para-hydroxylation sites is 1. The molecule has 2 heterocycles. The third-order valence-electron chi connectivity index (χ3n) is 5.56. The zero-order valence-electron chi connectivity index (χ0n) is 16.3. The highest BCUT2D eigenvalue weighted by Crippen LogP contribution is 2.35. The van der Waals surface area contributed by atoms with Gasteiger partial charge in [0, 0.05) is 23.1 Å². The van der Waals surface area contributed by atoms with Crippen molar-refractivity contribution in [3.8, 4) is 11.4 Å². The number of amides is 1. The molecule has 1 amide bonds. The number of hydrogen-bond donors (Lipinski definition) is 0. The molecule has 0 fully saturated rings. The third-order valence-corrected chi connectivity index (χ3v) is 6.09. The maximum absolute atomic E-state index is 13.5. The van der Waals surface area contributed by atoms with E-state index in [9.17, 15) is 4.79 Å². The smallest absolute Gasteiger partial charge is 0.256 e. The zero-order chi connectivity index (χ0) is 20.7. The van der Waals surface area contributed by atoms with Gasteiger partial charge in [0.1, 0.15) is 5.82 Å². The Morgan fingerprint density at radius 2 is 1.80 bits per heavy atom. The Hall–Kier alpha value is -3.18. The van der Waals surface area contributed by atoms with Crippen molar-refractivity contribution in [3.05, 3.63) is 101 Å². The highest BCUT2D eigenvalue weighted by Gasteiger charge is 2.31. The third kappa shape index (κ3) is 3.15. The van der Waals surface area contributed by atoms with E-state index in [1.165, 1.54) is 0 Å². The van der Waals surface area contributed by atoms with Gasteiger partial charge in [-0.2, -0.15) is 0 Å². The van der Waals surface area contributed by atoms with Crippen LogP contribution in [0.15, 0.2) is 89.9 Å². The standard InChI is InChI=1S/C25H20BrN3O/c1-2-20-16-28(15-17-7-4-3-5-8-17)25(30)21-9-6-10-22-23(21)29(20)24(27-22)18-11-13-19(26)14-12-18/h2-14,20H,1,15-16H2/t20-/m0/s1. The highest BCUT2D eigenvalue weighted by molar-refractivity contribution is 9.10. The minimum Gasteiger partial charge on any atom is -0.332 e. The number of nitrogens with zero attached hydrogens (tertiary/aromatic N) is 3. The van der Waals surface area contributed by atoms with Crippen molar-refractivity contribution in [2.75, 3.05) is 6.54 Å². The van der Waals surface area contributed by atoms with E-state index in [4.69, 9.17) is 4.98 Å². The van der Waals surface area contributed by atoms with Crippen LogP contribution < -0.4 is 0 Å². The van der Waals surface area contributed by atoms with Crippen molar-refractivity contribution in [3.63, 3.8) is 0 Å². The Kier molecular flexibility index (Phi) is 4.75. The number of hydrogen-bond acceptors (Lipinski definition) is 2. The Bertz CT molecular complexity index is 1240. The van der Waals surface area contributed by atoms with E-state index < -0.39 is 0 Å². The van der Waals surface area contributed by atoms with Gasteiger partial charge in [-0.15, -0.1) is 6.58 Å². The second kappa shape index (κ2) is 7.58. The van der Waals surface area contributed by atoms with E-state index in [2.05, 4.69) is 39.2 Å². The lowest BCUT2D eigenvalue weighted by molar-refractivity contribution is 0.0738. The van der Waals surface area contributed by atoms with E-state index in [0.717, 1.165) is 32.5 Å². The number of benzene rings is 3.